The van der Waals surface area contributed by atoms with Crippen LogP contribution in [-0.4, -0.2) is 11.8 Å². The normalized spacial score (nSPS) is 14.0. The number of hydrogen-bond donors (Lipinski definition) is 1. The van der Waals surface area contributed by atoms with Crippen LogP contribution in [0.2, 0.25) is 5.02 Å². The number of amides is 2. The van der Waals surface area contributed by atoms with Gasteiger partial charge in [0.25, 0.3) is 11.8 Å². The standard InChI is InChI=1S/C26H23ClN2O2/c1-16(2)18-9-13-21(14-10-18)28-24-23(19-7-11-20(27)12-8-19)25(30)29(26(24)31)22-6-4-5-17(3)15-22/h4-16,28H,1-3H3. The monoisotopic (exact) mass is 430 g/mol. The molecule has 0 aromatic heterocycles. The highest BCUT2D eigenvalue weighted by Gasteiger charge is 2.40. The Hall–Kier alpha value is -3.37. The summed E-state index contributed by atoms with van der Waals surface area (Å²) < 4.78 is 0. The lowest BCUT2D eigenvalue weighted by Crippen LogP contribution is -2.32. The Morgan fingerprint density at radius 2 is 1.55 bits per heavy atom. The second kappa shape index (κ2) is 8.40. The molecule has 1 heterocycles. The zero-order chi connectivity index (χ0) is 22.1. The fourth-order valence-corrected chi connectivity index (χ4v) is 3.75. The van der Waals surface area contributed by atoms with Gasteiger partial charge in [0.2, 0.25) is 0 Å². The van der Waals surface area contributed by atoms with Gasteiger partial charge in [-0.25, -0.2) is 4.90 Å². The lowest BCUT2D eigenvalue weighted by Gasteiger charge is -2.16. The molecule has 5 heteroatoms. The van der Waals surface area contributed by atoms with Crippen LogP contribution >= 0.6 is 11.6 Å². The van der Waals surface area contributed by atoms with Crippen LogP contribution in [0.5, 0.6) is 0 Å². The van der Waals surface area contributed by atoms with Crippen molar-refractivity contribution in [2.75, 3.05) is 10.2 Å². The summed E-state index contributed by atoms with van der Waals surface area (Å²) in [7, 11) is 0. The zero-order valence-corrected chi connectivity index (χ0v) is 18.4. The maximum Gasteiger partial charge on any atom is 0.282 e. The molecule has 156 valence electrons. The van der Waals surface area contributed by atoms with E-state index in [1.165, 1.54) is 10.5 Å². The van der Waals surface area contributed by atoms with Gasteiger partial charge >= 0.3 is 0 Å². The van der Waals surface area contributed by atoms with Crippen LogP contribution in [-0.2, 0) is 9.59 Å². The van der Waals surface area contributed by atoms with Gasteiger partial charge in [-0.1, -0.05) is 61.8 Å². The number of rotatable bonds is 5. The summed E-state index contributed by atoms with van der Waals surface area (Å²) in [4.78, 5) is 28.1. The first-order valence-electron chi connectivity index (χ1n) is 10.2. The van der Waals surface area contributed by atoms with Gasteiger partial charge in [-0.3, -0.25) is 9.59 Å². The Bertz CT molecular complexity index is 1180. The number of nitrogens with zero attached hydrogens (tertiary/aromatic N) is 1. The predicted octanol–water partition coefficient (Wildman–Crippen LogP) is 6.17. The molecule has 1 aliphatic rings. The molecule has 3 aromatic carbocycles. The first-order valence-corrected chi connectivity index (χ1v) is 10.6. The Kier molecular flexibility index (Phi) is 5.66. The molecule has 0 bridgehead atoms. The van der Waals surface area contributed by atoms with Crippen molar-refractivity contribution < 1.29 is 9.59 Å². The van der Waals surface area contributed by atoms with Crippen molar-refractivity contribution in [3.05, 3.63) is 100 Å². The maximum absolute atomic E-state index is 13.4. The minimum Gasteiger partial charge on any atom is -0.350 e. The molecule has 0 aliphatic carbocycles. The summed E-state index contributed by atoms with van der Waals surface area (Å²) in [5.74, 6) is -0.336. The second-order valence-corrected chi connectivity index (χ2v) is 8.38. The van der Waals surface area contributed by atoms with Crippen molar-refractivity contribution >= 4 is 40.4 Å². The second-order valence-electron chi connectivity index (χ2n) is 7.94. The molecule has 0 atom stereocenters. The fraction of sp³-hybridized carbons (Fsp3) is 0.154. The van der Waals surface area contributed by atoms with Gasteiger partial charge in [0.15, 0.2) is 0 Å². The van der Waals surface area contributed by atoms with E-state index >= 15 is 0 Å². The van der Waals surface area contributed by atoms with Crippen LogP contribution in [0.15, 0.2) is 78.5 Å². The minimum absolute atomic E-state index is 0.256. The molecule has 4 rings (SSSR count). The number of hydrogen-bond acceptors (Lipinski definition) is 3. The van der Waals surface area contributed by atoms with E-state index in [9.17, 15) is 9.59 Å². The quantitative estimate of drug-likeness (QED) is 0.492. The third-order valence-corrected chi connectivity index (χ3v) is 5.58. The molecule has 0 saturated carbocycles. The van der Waals surface area contributed by atoms with Gasteiger partial charge in [-0.15, -0.1) is 0 Å². The van der Waals surface area contributed by atoms with E-state index in [4.69, 9.17) is 11.6 Å². The summed E-state index contributed by atoms with van der Waals surface area (Å²) in [5, 5.41) is 3.76. The third kappa shape index (κ3) is 4.12. The zero-order valence-electron chi connectivity index (χ0n) is 17.6. The molecule has 2 amide bonds. The molecule has 1 N–H and O–H groups in total. The van der Waals surface area contributed by atoms with E-state index in [-0.39, 0.29) is 17.5 Å². The van der Waals surface area contributed by atoms with Crippen molar-refractivity contribution in [3.63, 3.8) is 0 Å². The molecule has 3 aromatic rings. The van der Waals surface area contributed by atoms with Gasteiger partial charge in [-0.2, -0.15) is 0 Å². The van der Waals surface area contributed by atoms with E-state index < -0.39 is 0 Å². The SMILES string of the molecule is Cc1cccc(N2C(=O)C(Nc3ccc(C(C)C)cc3)=C(c3ccc(Cl)cc3)C2=O)c1. The first kappa shape index (κ1) is 20.9. The molecule has 1 aliphatic heterocycles. The Morgan fingerprint density at radius 1 is 0.871 bits per heavy atom. The lowest BCUT2D eigenvalue weighted by atomic mass is 10.0. The molecule has 0 saturated heterocycles. The molecule has 0 fully saturated rings. The number of benzene rings is 3. The summed E-state index contributed by atoms with van der Waals surface area (Å²) in [6.45, 7) is 6.18. The number of carbonyl (C=O) groups is 2. The summed E-state index contributed by atoms with van der Waals surface area (Å²) in [5.41, 5.74) is 4.69. The van der Waals surface area contributed by atoms with Crippen molar-refractivity contribution in [2.45, 2.75) is 26.7 Å². The number of nitrogens with one attached hydrogen (secondary N) is 1. The number of carbonyl (C=O) groups excluding carboxylic acids is 2. The molecule has 4 nitrogen and oxygen atoms in total. The minimum atomic E-state index is -0.381. The predicted molar refractivity (Wildman–Crippen MR) is 126 cm³/mol. The highest BCUT2D eigenvalue weighted by molar-refractivity contribution is 6.46. The Balaban J connectivity index is 1.78. The molecular weight excluding hydrogens is 408 g/mol. The molecule has 0 radical (unpaired) electrons. The van der Waals surface area contributed by atoms with E-state index in [1.807, 2.05) is 49.4 Å². The maximum atomic E-state index is 13.4. The van der Waals surface area contributed by atoms with Gasteiger partial charge in [0.05, 0.1) is 11.3 Å². The molecule has 0 unspecified atom stereocenters. The van der Waals surface area contributed by atoms with Crippen LogP contribution in [0.4, 0.5) is 11.4 Å². The molecule has 0 spiro atoms. The van der Waals surface area contributed by atoms with Gasteiger partial charge in [-0.05, 0) is 65.9 Å². The number of imide groups is 1. The van der Waals surface area contributed by atoms with Crippen LogP contribution < -0.4 is 10.2 Å². The highest BCUT2D eigenvalue weighted by Crippen LogP contribution is 2.34. The van der Waals surface area contributed by atoms with E-state index in [0.717, 1.165) is 11.3 Å². The number of aryl methyl sites for hydroxylation is 1. The largest absolute Gasteiger partial charge is 0.350 e. The van der Waals surface area contributed by atoms with Crippen LogP contribution in [0.25, 0.3) is 5.57 Å². The van der Waals surface area contributed by atoms with E-state index in [1.54, 1.807) is 30.3 Å². The highest BCUT2D eigenvalue weighted by atomic mass is 35.5. The molecular formula is C26H23ClN2O2. The fourth-order valence-electron chi connectivity index (χ4n) is 3.63. The topological polar surface area (TPSA) is 49.4 Å². The average molecular weight is 431 g/mol. The summed E-state index contributed by atoms with van der Waals surface area (Å²) in [6.07, 6.45) is 0. The summed E-state index contributed by atoms with van der Waals surface area (Å²) >= 11 is 6.04. The van der Waals surface area contributed by atoms with Crippen molar-refractivity contribution in [1.29, 1.82) is 0 Å². The van der Waals surface area contributed by atoms with E-state index in [2.05, 4.69) is 19.2 Å². The van der Waals surface area contributed by atoms with Crippen LogP contribution in [0, 0.1) is 6.92 Å². The number of halogens is 1. The Labute approximate surface area is 187 Å². The third-order valence-electron chi connectivity index (χ3n) is 5.32. The lowest BCUT2D eigenvalue weighted by molar-refractivity contribution is -0.120. The number of anilines is 2. The summed E-state index contributed by atoms with van der Waals surface area (Å²) in [6, 6.07) is 22.2. The van der Waals surface area contributed by atoms with Crippen molar-refractivity contribution in [3.8, 4) is 0 Å². The van der Waals surface area contributed by atoms with Gasteiger partial charge in [0.1, 0.15) is 5.70 Å². The van der Waals surface area contributed by atoms with Crippen LogP contribution in [0.3, 0.4) is 0 Å². The average Bonchev–Trinajstić information content (AvgIpc) is 2.98. The van der Waals surface area contributed by atoms with Gasteiger partial charge in [0, 0.05) is 10.7 Å². The van der Waals surface area contributed by atoms with Crippen LogP contribution in [0.1, 0.15) is 36.5 Å². The van der Waals surface area contributed by atoms with Crippen molar-refractivity contribution in [1.82, 2.24) is 0 Å². The Morgan fingerprint density at radius 3 is 2.16 bits per heavy atom. The smallest absolute Gasteiger partial charge is 0.282 e. The molecule has 31 heavy (non-hydrogen) atoms. The van der Waals surface area contributed by atoms with Gasteiger partial charge < -0.3 is 5.32 Å². The van der Waals surface area contributed by atoms with E-state index in [0.29, 0.717) is 27.8 Å². The first-order chi connectivity index (χ1) is 14.8. The van der Waals surface area contributed by atoms with Crippen molar-refractivity contribution in [2.24, 2.45) is 0 Å².